The SMILES string of the molecule is CC(C)CC(=O)N1CCN(c2cc(Cl)nc(SCC(=O)NC(C)C)n2)C[C@H]1C. The molecule has 1 aromatic rings. The molecule has 7 nitrogen and oxygen atoms in total. The molecule has 0 bridgehead atoms. The summed E-state index contributed by atoms with van der Waals surface area (Å²) >= 11 is 7.45. The summed E-state index contributed by atoms with van der Waals surface area (Å²) in [4.78, 5) is 37.1. The van der Waals surface area contributed by atoms with E-state index in [1.165, 1.54) is 11.8 Å². The van der Waals surface area contributed by atoms with E-state index in [0.29, 0.717) is 42.3 Å². The second-order valence-electron chi connectivity index (χ2n) is 7.82. The Morgan fingerprint density at radius 2 is 2.00 bits per heavy atom. The molecule has 1 aromatic heterocycles. The molecule has 0 unspecified atom stereocenters. The van der Waals surface area contributed by atoms with Crippen LogP contribution >= 0.6 is 23.4 Å². The number of aromatic nitrogens is 2. The highest BCUT2D eigenvalue weighted by atomic mass is 35.5. The van der Waals surface area contributed by atoms with Crippen LogP contribution in [0.25, 0.3) is 0 Å². The highest BCUT2D eigenvalue weighted by Gasteiger charge is 2.28. The van der Waals surface area contributed by atoms with Crippen LogP contribution in [0.5, 0.6) is 0 Å². The molecule has 1 saturated heterocycles. The van der Waals surface area contributed by atoms with Crippen LogP contribution in [-0.4, -0.2) is 64.2 Å². The molecule has 1 fully saturated rings. The van der Waals surface area contributed by atoms with Gasteiger partial charge in [0.05, 0.1) is 5.75 Å². The van der Waals surface area contributed by atoms with Gasteiger partial charge in [0.1, 0.15) is 11.0 Å². The highest BCUT2D eigenvalue weighted by Crippen LogP contribution is 2.24. The van der Waals surface area contributed by atoms with Crippen molar-refractivity contribution < 1.29 is 9.59 Å². The maximum atomic E-state index is 12.4. The van der Waals surface area contributed by atoms with Crippen LogP contribution in [0.4, 0.5) is 5.82 Å². The van der Waals surface area contributed by atoms with Crippen LogP contribution in [0, 0.1) is 5.92 Å². The summed E-state index contributed by atoms with van der Waals surface area (Å²) in [5, 5.41) is 3.67. The summed E-state index contributed by atoms with van der Waals surface area (Å²) < 4.78 is 0. The number of halogens is 1. The van der Waals surface area contributed by atoms with Gasteiger partial charge in [-0.3, -0.25) is 9.59 Å². The predicted octanol–water partition coefficient (Wildman–Crippen LogP) is 2.83. The monoisotopic (exact) mass is 427 g/mol. The first-order chi connectivity index (χ1) is 13.2. The van der Waals surface area contributed by atoms with Gasteiger partial charge in [0.25, 0.3) is 0 Å². The first-order valence-electron chi connectivity index (χ1n) is 9.66. The molecule has 2 heterocycles. The van der Waals surface area contributed by atoms with Crippen molar-refractivity contribution in [3.63, 3.8) is 0 Å². The summed E-state index contributed by atoms with van der Waals surface area (Å²) in [6.45, 7) is 12.1. The minimum atomic E-state index is -0.0592. The molecule has 2 amide bonds. The lowest BCUT2D eigenvalue weighted by Crippen LogP contribution is -2.54. The lowest BCUT2D eigenvalue weighted by atomic mass is 10.1. The third kappa shape index (κ3) is 6.81. The fourth-order valence-corrected chi connectivity index (χ4v) is 4.00. The van der Waals surface area contributed by atoms with E-state index < -0.39 is 0 Å². The molecule has 156 valence electrons. The van der Waals surface area contributed by atoms with E-state index in [9.17, 15) is 9.59 Å². The van der Waals surface area contributed by atoms with Gasteiger partial charge in [-0.25, -0.2) is 9.97 Å². The predicted molar refractivity (Wildman–Crippen MR) is 114 cm³/mol. The molecule has 1 atom stereocenters. The van der Waals surface area contributed by atoms with E-state index in [-0.39, 0.29) is 29.7 Å². The van der Waals surface area contributed by atoms with Crippen LogP contribution in [0.3, 0.4) is 0 Å². The van der Waals surface area contributed by atoms with E-state index in [2.05, 4.69) is 41.0 Å². The van der Waals surface area contributed by atoms with Gasteiger partial charge in [-0.2, -0.15) is 0 Å². The van der Waals surface area contributed by atoms with Crippen LogP contribution in [0.2, 0.25) is 5.15 Å². The zero-order valence-electron chi connectivity index (χ0n) is 17.2. The Bertz CT molecular complexity index is 701. The molecule has 0 radical (unpaired) electrons. The molecule has 0 aromatic carbocycles. The zero-order valence-corrected chi connectivity index (χ0v) is 18.8. The molecule has 9 heteroatoms. The fourth-order valence-electron chi connectivity index (χ4n) is 3.11. The van der Waals surface area contributed by atoms with Crippen molar-refractivity contribution in [2.45, 2.75) is 58.3 Å². The Morgan fingerprint density at radius 3 is 2.61 bits per heavy atom. The van der Waals surface area contributed by atoms with Gasteiger partial charge in [-0.15, -0.1) is 0 Å². The number of nitrogens with one attached hydrogen (secondary N) is 1. The molecule has 0 spiro atoms. The summed E-state index contributed by atoms with van der Waals surface area (Å²) in [6.07, 6.45) is 0.572. The summed E-state index contributed by atoms with van der Waals surface area (Å²) in [6, 6.07) is 1.93. The molecular weight excluding hydrogens is 398 g/mol. The Morgan fingerprint density at radius 1 is 1.29 bits per heavy atom. The first kappa shape index (κ1) is 22.7. The van der Waals surface area contributed by atoms with Crippen molar-refractivity contribution in [3.8, 4) is 0 Å². The molecule has 0 aliphatic carbocycles. The van der Waals surface area contributed by atoms with Crippen molar-refractivity contribution in [3.05, 3.63) is 11.2 Å². The van der Waals surface area contributed by atoms with E-state index in [1.807, 2.05) is 18.7 Å². The number of hydrogen-bond acceptors (Lipinski definition) is 6. The summed E-state index contributed by atoms with van der Waals surface area (Å²) in [5.41, 5.74) is 0. The van der Waals surface area contributed by atoms with Gasteiger partial charge in [0.2, 0.25) is 11.8 Å². The number of thioether (sulfide) groups is 1. The molecule has 2 rings (SSSR count). The Balaban J connectivity index is 2.01. The number of carbonyl (C=O) groups excluding carboxylic acids is 2. The number of piperazine rings is 1. The lowest BCUT2D eigenvalue weighted by Gasteiger charge is -2.40. The molecule has 1 aliphatic rings. The first-order valence-corrected chi connectivity index (χ1v) is 11.0. The number of rotatable bonds is 7. The molecular formula is C19H30ClN5O2S. The van der Waals surface area contributed by atoms with Gasteiger partial charge in [-0.05, 0) is 26.7 Å². The average Bonchev–Trinajstić information content (AvgIpc) is 2.58. The Labute approximate surface area is 176 Å². The van der Waals surface area contributed by atoms with Crippen molar-refractivity contribution in [1.82, 2.24) is 20.2 Å². The van der Waals surface area contributed by atoms with Crippen molar-refractivity contribution in [2.75, 3.05) is 30.3 Å². The highest BCUT2D eigenvalue weighted by molar-refractivity contribution is 7.99. The third-order valence-corrected chi connectivity index (χ3v) is 5.34. The van der Waals surface area contributed by atoms with Gasteiger partial charge >= 0.3 is 0 Å². The maximum Gasteiger partial charge on any atom is 0.230 e. The molecule has 1 aliphatic heterocycles. The van der Waals surface area contributed by atoms with E-state index >= 15 is 0 Å². The number of hydrogen-bond donors (Lipinski definition) is 1. The van der Waals surface area contributed by atoms with Gasteiger partial charge < -0.3 is 15.1 Å². The van der Waals surface area contributed by atoms with E-state index in [4.69, 9.17) is 11.6 Å². The molecule has 1 N–H and O–H groups in total. The Kier molecular flexibility index (Phi) is 8.37. The number of nitrogens with zero attached hydrogens (tertiary/aromatic N) is 4. The minimum absolute atomic E-state index is 0.0592. The minimum Gasteiger partial charge on any atom is -0.353 e. The van der Waals surface area contributed by atoms with Crippen LogP contribution in [-0.2, 0) is 9.59 Å². The van der Waals surface area contributed by atoms with Crippen molar-refractivity contribution in [1.29, 1.82) is 0 Å². The molecule has 0 saturated carbocycles. The number of amides is 2. The maximum absolute atomic E-state index is 12.4. The topological polar surface area (TPSA) is 78.4 Å². The average molecular weight is 428 g/mol. The summed E-state index contributed by atoms with van der Waals surface area (Å²) in [7, 11) is 0. The smallest absolute Gasteiger partial charge is 0.230 e. The quantitative estimate of drug-likeness (QED) is 0.409. The number of carbonyl (C=O) groups is 2. The van der Waals surface area contributed by atoms with Gasteiger partial charge in [0, 0.05) is 44.2 Å². The zero-order chi connectivity index (χ0) is 20.8. The standard InChI is InChI=1S/C19H30ClN5O2S/c1-12(2)8-18(27)25-7-6-24(10-14(25)5)16-9-15(20)22-19(23-16)28-11-17(26)21-13(3)4/h9,12-14H,6-8,10-11H2,1-5H3,(H,21,26)/t14-/m1/s1. The third-order valence-electron chi connectivity index (χ3n) is 4.30. The van der Waals surface area contributed by atoms with E-state index in [0.717, 1.165) is 5.82 Å². The summed E-state index contributed by atoms with van der Waals surface area (Å²) in [5.74, 6) is 1.47. The normalized spacial score (nSPS) is 17.4. The van der Waals surface area contributed by atoms with Gasteiger partial charge in [-0.1, -0.05) is 37.2 Å². The van der Waals surface area contributed by atoms with Gasteiger partial charge in [0.15, 0.2) is 5.16 Å². The second-order valence-corrected chi connectivity index (χ2v) is 9.15. The van der Waals surface area contributed by atoms with Crippen molar-refractivity contribution >= 4 is 41.0 Å². The molecule has 28 heavy (non-hydrogen) atoms. The number of anilines is 1. The fraction of sp³-hybridized carbons (Fsp3) is 0.684. The van der Waals surface area contributed by atoms with Crippen LogP contribution in [0.1, 0.15) is 41.0 Å². The van der Waals surface area contributed by atoms with E-state index in [1.54, 1.807) is 6.07 Å². The van der Waals surface area contributed by atoms with Crippen molar-refractivity contribution in [2.24, 2.45) is 5.92 Å². The van der Waals surface area contributed by atoms with Crippen LogP contribution < -0.4 is 10.2 Å². The lowest BCUT2D eigenvalue weighted by molar-refractivity contribution is -0.134. The largest absolute Gasteiger partial charge is 0.353 e. The Hall–Kier alpha value is -1.54. The van der Waals surface area contributed by atoms with Crippen LogP contribution in [0.15, 0.2) is 11.2 Å². The second kappa shape index (κ2) is 10.3.